The van der Waals surface area contributed by atoms with Crippen LogP contribution in [0.25, 0.3) is 5.57 Å². The van der Waals surface area contributed by atoms with Crippen molar-refractivity contribution in [2.75, 3.05) is 16.3 Å². The number of non-ortho nitro benzene ring substituents is 1. The number of nitro groups is 1. The second-order valence-corrected chi connectivity index (χ2v) is 7.60. The number of fused-ring (bicyclic) bond motifs is 1. The van der Waals surface area contributed by atoms with Gasteiger partial charge in [-0.3, -0.25) is 19.7 Å². The maximum atomic E-state index is 13.9. The molecule has 3 aromatic carbocycles. The van der Waals surface area contributed by atoms with Gasteiger partial charge >= 0.3 is 0 Å². The molecule has 2 aliphatic rings. The molecule has 3 aromatic rings. The molecule has 5 rings (SSSR count). The van der Waals surface area contributed by atoms with Gasteiger partial charge in [0.25, 0.3) is 17.5 Å². The Bertz CT molecular complexity index is 1370. The molecule has 0 saturated carbocycles. The van der Waals surface area contributed by atoms with E-state index in [4.69, 9.17) is 0 Å². The van der Waals surface area contributed by atoms with Crippen molar-refractivity contribution in [2.24, 2.45) is 0 Å². The Kier molecular flexibility index (Phi) is 4.74. The average molecular weight is 447 g/mol. The molecule has 0 N–H and O–H groups in total. The summed E-state index contributed by atoms with van der Waals surface area (Å²) in [5, 5.41) is 11.0. The lowest BCUT2D eigenvalue weighted by molar-refractivity contribution is -0.384. The number of halogens is 2. The van der Waals surface area contributed by atoms with Crippen molar-refractivity contribution in [1.29, 1.82) is 0 Å². The van der Waals surface area contributed by atoms with Crippen LogP contribution in [0.15, 0.2) is 72.4 Å². The third kappa shape index (κ3) is 3.25. The molecule has 9 heteroatoms. The monoisotopic (exact) mass is 447 g/mol. The van der Waals surface area contributed by atoms with Crippen LogP contribution in [-0.4, -0.2) is 23.3 Å². The number of imide groups is 1. The van der Waals surface area contributed by atoms with Crippen molar-refractivity contribution in [3.05, 3.63) is 105 Å². The largest absolute Gasteiger partial charge is 0.336 e. The predicted octanol–water partition coefficient (Wildman–Crippen LogP) is 4.22. The van der Waals surface area contributed by atoms with E-state index in [1.165, 1.54) is 24.3 Å². The minimum atomic E-state index is -1.19. The quantitative estimate of drug-likeness (QED) is 0.340. The highest BCUT2D eigenvalue weighted by atomic mass is 19.2. The molecular formula is C24H15F2N3O4. The fraction of sp³-hybridized carbons (Fsp3) is 0.0833. The maximum Gasteiger partial charge on any atom is 0.282 e. The molecule has 0 fully saturated rings. The number of nitrogens with zero attached hydrogens (tertiary/aromatic N) is 3. The highest BCUT2D eigenvalue weighted by Gasteiger charge is 2.44. The second kappa shape index (κ2) is 7.63. The zero-order chi connectivity index (χ0) is 23.3. The summed E-state index contributed by atoms with van der Waals surface area (Å²) in [6.45, 7) is 0.440. The molecule has 0 aromatic heterocycles. The number of para-hydroxylation sites is 1. The van der Waals surface area contributed by atoms with Crippen LogP contribution in [0.5, 0.6) is 0 Å². The zero-order valence-electron chi connectivity index (χ0n) is 17.0. The van der Waals surface area contributed by atoms with Crippen molar-refractivity contribution < 1.29 is 23.3 Å². The first-order valence-corrected chi connectivity index (χ1v) is 10.0. The fourth-order valence-electron chi connectivity index (χ4n) is 4.21. The van der Waals surface area contributed by atoms with Crippen molar-refractivity contribution in [1.82, 2.24) is 0 Å². The van der Waals surface area contributed by atoms with Gasteiger partial charge in [-0.25, -0.2) is 13.7 Å². The van der Waals surface area contributed by atoms with Crippen molar-refractivity contribution >= 4 is 34.4 Å². The van der Waals surface area contributed by atoms with Gasteiger partial charge in [-0.15, -0.1) is 0 Å². The van der Waals surface area contributed by atoms with Crippen LogP contribution in [-0.2, 0) is 16.0 Å². The number of hydrogen-bond donors (Lipinski definition) is 0. The van der Waals surface area contributed by atoms with E-state index in [-0.39, 0.29) is 22.6 Å². The van der Waals surface area contributed by atoms with Gasteiger partial charge < -0.3 is 4.90 Å². The molecule has 2 aliphatic heterocycles. The lowest BCUT2D eigenvalue weighted by atomic mass is 10.0. The minimum Gasteiger partial charge on any atom is -0.336 e. The molecule has 0 aliphatic carbocycles. The number of hydrogen-bond acceptors (Lipinski definition) is 5. The van der Waals surface area contributed by atoms with Gasteiger partial charge in [-0.05, 0) is 47.9 Å². The van der Waals surface area contributed by atoms with Crippen LogP contribution >= 0.6 is 0 Å². The number of benzene rings is 3. The lowest BCUT2D eigenvalue weighted by Crippen LogP contribution is -2.35. The maximum absolute atomic E-state index is 13.9. The highest BCUT2D eigenvalue weighted by molar-refractivity contribution is 6.46. The normalized spacial score (nSPS) is 15.5. The van der Waals surface area contributed by atoms with E-state index in [9.17, 15) is 28.5 Å². The Morgan fingerprint density at radius 2 is 1.61 bits per heavy atom. The molecule has 2 heterocycles. The first-order valence-electron chi connectivity index (χ1n) is 10.0. The van der Waals surface area contributed by atoms with Crippen LogP contribution in [0.1, 0.15) is 11.1 Å². The molecule has 0 radical (unpaired) electrons. The summed E-state index contributed by atoms with van der Waals surface area (Å²) in [6, 6.07) is 15.5. The van der Waals surface area contributed by atoms with Crippen LogP contribution < -0.4 is 9.80 Å². The van der Waals surface area contributed by atoms with E-state index in [2.05, 4.69) is 0 Å². The van der Waals surface area contributed by atoms with Crippen molar-refractivity contribution in [2.45, 2.75) is 6.42 Å². The molecule has 33 heavy (non-hydrogen) atoms. The molecule has 0 unspecified atom stereocenters. The second-order valence-electron chi connectivity index (χ2n) is 7.60. The van der Waals surface area contributed by atoms with Gasteiger partial charge in [0.15, 0.2) is 11.6 Å². The smallest absolute Gasteiger partial charge is 0.282 e. The molecule has 0 saturated heterocycles. The molecule has 0 atom stereocenters. The molecule has 0 spiro atoms. The SMILES string of the molecule is O=C1C(c2ccc([N+](=O)[O-])cc2)=C(N2CCc3ccccc32)C(=O)N1c1ccc(F)c(F)c1. The Morgan fingerprint density at radius 1 is 0.879 bits per heavy atom. The summed E-state index contributed by atoms with van der Waals surface area (Å²) in [6.07, 6.45) is 0.653. The number of anilines is 2. The zero-order valence-corrected chi connectivity index (χ0v) is 17.0. The summed E-state index contributed by atoms with van der Waals surface area (Å²) in [5.41, 5.74) is 1.93. The first-order chi connectivity index (χ1) is 15.9. The Hall–Kier alpha value is -4.40. The summed E-state index contributed by atoms with van der Waals surface area (Å²) >= 11 is 0. The number of carbonyl (C=O) groups excluding carboxylic acids is 2. The Balaban J connectivity index is 1.67. The number of amides is 2. The van der Waals surface area contributed by atoms with E-state index >= 15 is 0 Å². The van der Waals surface area contributed by atoms with E-state index in [0.717, 1.165) is 34.3 Å². The predicted molar refractivity (Wildman–Crippen MR) is 116 cm³/mol. The molecule has 164 valence electrons. The van der Waals surface area contributed by atoms with Crippen LogP contribution in [0.3, 0.4) is 0 Å². The van der Waals surface area contributed by atoms with Crippen molar-refractivity contribution in [3.8, 4) is 0 Å². The number of rotatable bonds is 4. The minimum absolute atomic E-state index is 0.0383. The van der Waals surface area contributed by atoms with Gasteiger partial charge in [0, 0.05) is 30.4 Å². The first kappa shape index (κ1) is 20.5. The third-order valence-electron chi connectivity index (χ3n) is 5.74. The van der Waals surface area contributed by atoms with E-state index in [0.29, 0.717) is 18.5 Å². The number of nitro benzene ring substituents is 1. The molecule has 7 nitrogen and oxygen atoms in total. The highest BCUT2D eigenvalue weighted by Crippen LogP contribution is 2.40. The molecular weight excluding hydrogens is 432 g/mol. The van der Waals surface area contributed by atoms with E-state index in [1.54, 1.807) is 4.90 Å². The summed E-state index contributed by atoms with van der Waals surface area (Å²) in [7, 11) is 0. The van der Waals surface area contributed by atoms with Gasteiger partial charge in [-0.1, -0.05) is 18.2 Å². The van der Waals surface area contributed by atoms with Gasteiger partial charge in [-0.2, -0.15) is 0 Å². The van der Waals surface area contributed by atoms with Crippen LogP contribution in [0.2, 0.25) is 0 Å². The van der Waals surface area contributed by atoms with E-state index in [1.807, 2.05) is 24.3 Å². The third-order valence-corrected chi connectivity index (χ3v) is 5.74. The number of carbonyl (C=O) groups is 2. The Morgan fingerprint density at radius 3 is 2.30 bits per heavy atom. The van der Waals surface area contributed by atoms with Crippen LogP contribution in [0, 0.1) is 21.7 Å². The van der Waals surface area contributed by atoms with Crippen LogP contribution in [0.4, 0.5) is 25.8 Å². The average Bonchev–Trinajstić information content (AvgIpc) is 3.34. The van der Waals surface area contributed by atoms with Gasteiger partial charge in [0.05, 0.1) is 16.2 Å². The van der Waals surface area contributed by atoms with E-state index < -0.39 is 28.4 Å². The van der Waals surface area contributed by atoms with Gasteiger partial charge in [0.2, 0.25) is 0 Å². The van der Waals surface area contributed by atoms with Crippen molar-refractivity contribution in [3.63, 3.8) is 0 Å². The topological polar surface area (TPSA) is 83.8 Å². The Labute approximate surface area is 186 Å². The standard InChI is InChI=1S/C24H15F2N3O4/c25-18-10-9-17(13-19(18)26)28-23(30)21(15-5-7-16(8-6-15)29(32)33)22(24(28)31)27-12-11-14-3-1-2-4-20(14)27/h1-10,13H,11-12H2. The molecule has 0 bridgehead atoms. The summed E-state index contributed by atoms with van der Waals surface area (Å²) in [4.78, 5) is 40.0. The summed E-state index contributed by atoms with van der Waals surface area (Å²) < 4.78 is 27.4. The van der Waals surface area contributed by atoms with Gasteiger partial charge in [0.1, 0.15) is 5.70 Å². The summed E-state index contributed by atoms with van der Waals surface area (Å²) in [5.74, 6) is -3.70. The molecule has 2 amide bonds. The fourth-order valence-corrected chi connectivity index (χ4v) is 4.21. The lowest BCUT2D eigenvalue weighted by Gasteiger charge is -2.21.